The van der Waals surface area contributed by atoms with Crippen LogP contribution >= 0.6 is 11.6 Å². The number of benzene rings is 4. The summed E-state index contributed by atoms with van der Waals surface area (Å²) in [5, 5.41) is 39.3. The Bertz CT molecular complexity index is 3430. The van der Waals surface area contributed by atoms with Gasteiger partial charge in [0.05, 0.1) is 59.3 Å². The lowest BCUT2D eigenvalue weighted by atomic mass is 9.91. The number of fused-ring (bicyclic) bond motifs is 2. The van der Waals surface area contributed by atoms with Gasteiger partial charge in [0.15, 0.2) is 0 Å². The number of ether oxygens (including phenoxy) is 2. The zero-order chi connectivity index (χ0) is 49.8. The van der Waals surface area contributed by atoms with E-state index in [-0.39, 0.29) is 22.9 Å². The van der Waals surface area contributed by atoms with Gasteiger partial charge in [-0.3, -0.25) is 0 Å². The number of nitriles is 4. The molecule has 4 heterocycles. The highest BCUT2D eigenvalue weighted by Crippen LogP contribution is 2.41. The molecule has 0 saturated carbocycles. The minimum Gasteiger partial charge on any atom is -0.496 e. The zero-order valence-corrected chi connectivity index (χ0v) is 39.0. The van der Waals surface area contributed by atoms with Gasteiger partial charge in [-0.2, -0.15) is 26.0 Å². The second-order valence-electron chi connectivity index (χ2n) is 15.1. The van der Waals surface area contributed by atoms with E-state index in [1.807, 2.05) is 101 Å². The van der Waals surface area contributed by atoms with Crippen molar-refractivity contribution in [1.82, 2.24) is 29.9 Å². The molecule has 0 spiro atoms. The van der Waals surface area contributed by atoms with Crippen LogP contribution in [0, 0.1) is 73.0 Å². The Kier molecular flexibility index (Phi) is 15.6. The predicted octanol–water partition coefficient (Wildman–Crippen LogP) is 10.3. The number of allylic oxidation sites excluding steroid dienone is 2. The number of nitrogens with one attached hydrogen (secondary N) is 1. The summed E-state index contributed by atoms with van der Waals surface area (Å²) in [5.74, 6) is 2.93. The van der Waals surface area contributed by atoms with Crippen molar-refractivity contribution in [3.8, 4) is 58.0 Å². The number of aromatic nitrogens is 6. The minimum atomic E-state index is 0.0911. The van der Waals surface area contributed by atoms with Crippen molar-refractivity contribution < 1.29 is 9.47 Å². The molecule has 0 aliphatic heterocycles. The molecular formula is C52H43ClN14O2. The van der Waals surface area contributed by atoms with E-state index >= 15 is 0 Å². The average Bonchev–Trinajstić information content (AvgIpc) is 3.33. The Labute approximate surface area is 403 Å². The van der Waals surface area contributed by atoms with Gasteiger partial charge in [-0.15, -0.1) is 0 Å². The number of aryl methyl sites for hydroxylation is 4. The number of nitrogen functional groups attached to an aromatic ring is 3. The molecule has 0 unspecified atom stereocenters. The van der Waals surface area contributed by atoms with Gasteiger partial charge in [-0.25, -0.2) is 24.9 Å². The summed E-state index contributed by atoms with van der Waals surface area (Å²) in [5.41, 5.74) is 29.9. The molecule has 16 nitrogen and oxygen atoms in total. The lowest BCUT2D eigenvalue weighted by molar-refractivity contribution is 0.419. The molecule has 0 atom stereocenters. The number of anilines is 5. The fourth-order valence-corrected chi connectivity index (χ4v) is 7.84. The maximum Gasteiger partial charge on any atom is 0.230 e. The average molecular weight is 931 g/mol. The fraction of sp³-hybridized carbons (Fsp3) is 0.115. The molecule has 0 bridgehead atoms. The highest BCUT2D eigenvalue weighted by Gasteiger charge is 2.20. The highest BCUT2D eigenvalue weighted by molar-refractivity contribution is 6.29. The molecule has 8 rings (SSSR count). The van der Waals surface area contributed by atoms with E-state index in [1.165, 1.54) is 24.5 Å². The topological polar surface area (TPSA) is 281 Å². The molecule has 0 saturated heterocycles. The first-order valence-corrected chi connectivity index (χ1v) is 21.2. The number of rotatable bonds is 8. The van der Waals surface area contributed by atoms with Crippen molar-refractivity contribution in [2.45, 2.75) is 27.7 Å². The summed E-state index contributed by atoms with van der Waals surface area (Å²) in [7, 11) is 3.16. The van der Waals surface area contributed by atoms with Crippen LogP contribution < -0.4 is 32.0 Å². The predicted molar refractivity (Wildman–Crippen MR) is 271 cm³/mol. The van der Waals surface area contributed by atoms with Gasteiger partial charge in [-0.05, 0) is 144 Å². The van der Waals surface area contributed by atoms with Crippen LogP contribution in [0.15, 0.2) is 97.3 Å². The molecule has 0 radical (unpaired) electrons. The van der Waals surface area contributed by atoms with Gasteiger partial charge in [0.25, 0.3) is 0 Å². The normalized spacial score (nSPS) is 10.5. The van der Waals surface area contributed by atoms with Gasteiger partial charge in [-0.1, -0.05) is 24.3 Å². The van der Waals surface area contributed by atoms with Gasteiger partial charge >= 0.3 is 0 Å². The molecule has 0 aliphatic rings. The Balaban J connectivity index is 0.000000196. The van der Waals surface area contributed by atoms with Crippen molar-refractivity contribution in [2.75, 3.05) is 36.7 Å². The maximum absolute atomic E-state index is 8.98. The van der Waals surface area contributed by atoms with Crippen LogP contribution in [-0.2, 0) is 0 Å². The fourth-order valence-electron chi connectivity index (χ4n) is 7.67. The number of methoxy groups -OCH3 is 2. The largest absolute Gasteiger partial charge is 0.496 e. The van der Waals surface area contributed by atoms with Crippen molar-refractivity contribution in [1.29, 1.82) is 21.0 Å². The first-order valence-electron chi connectivity index (χ1n) is 20.8. The Morgan fingerprint density at radius 1 is 0.580 bits per heavy atom. The number of halogens is 1. The number of hydrogen-bond donors (Lipinski definition) is 4. The van der Waals surface area contributed by atoms with Crippen LogP contribution in [0.1, 0.15) is 44.5 Å². The smallest absolute Gasteiger partial charge is 0.230 e. The van der Waals surface area contributed by atoms with E-state index in [9.17, 15) is 0 Å². The summed E-state index contributed by atoms with van der Waals surface area (Å²) in [6.07, 6.45) is 9.39. The Morgan fingerprint density at radius 3 is 1.46 bits per heavy atom. The molecule has 17 heteroatoms. The van der Waals surface area contributed by atoms with Gasteiger partial charge < -0.3 is 32.0 Å². The van der Waals surface area contributed by atoms with Crippen LogP contribution in [0.3, 0.4) is 0 Å². The zero-order valence-electron chi connectivity index (χ0n) is 38.3. The van der Waals surface area contributed by atoms with Gasteiger partial charge in [0, 0.05) is 35.7 Å². The first-order chi connectivity index (χ1) is 33.2. The molecule has 0 fully saturated rings. The van der Waals surface area contributed by atoms with Gasteiger partial charge in [0.1, 0.15) is 46.9 Å². The van der Waals surface area contributed by atoms with Crippen LogP contribution in [0.25, 0.3) is 56.2 Å². The molecule has 340 valence electrons. The standard InChI is InChI=1S/C26H21N7O.C20H17ClN4O.C6H5N3/c1-15-11-17(5-4-10-27)12-16(2)22(15)19-7-8-20(34-3)23-24(19)32-26(33-25(23)29)31-21-9-6-18(13-28)14-30-21;1-11-9-13(5-4-8-22)10-12(2)16(11)14-6-7-15(26-3)17-18(14)24-20(21)25-19(17)23;7-3-5-1-2-6(8)9-4-5/h4-9,11-12,14H,1-3H3,(H3,29,30,31,32,33);4-7,9-10H,1-3H3,(H2,23,24,25);1-2,4H,(H2,8,9)/b2*5-4+;. The second kappa shape index (κ2) is 22.1. The number of hydrogen-bond acceptors (Lipinski definition) is 16. The summed E-state index contributed by atoms with van der Waals surface area (Å²) >= 11 is 6.06. The summed E-state index contributed by atoms with van der Waals surface area (Å²) < 4.78 is 11.0. The van der Waals surface area contributed by atoms with E-state index in [1.54, 1.807) is 50.6 Å². The summed E-state index contributed by atoms with van der Waals surface area (Å²) in [6.45, 7) is 8.08. The Morgan fingerprint density at radius 2 is 1.04 bits per heavy atom. The first kappa shape index (κ1) is 48.8. The second-order valence-corrected chi connectivity index (χ2v) is 15.5. The minimum absolute atomic E-state index is 0.0911. The van der Waals surface area contributed by atoms with Crippen LogP contribution in [0.4, 0.5) is 29.2 Å². The molecule has 8 aromatic rings. The van der Waals surface area contributed by atoms with E-state index < -0.39 is 0 Å². The summed E-state index contributed by atoms with van der Waals surface area (Å²) in [4.78, 5) is 25.6. The van der Waals surface area contributed by atoms with Crippen LogP contribution in [0.5, 0.6) is 11.5 Å². The van der Waals surface area contributed by atoms with Crippen LogP contribution in [-0.4, -0.2) is 44.1 Å². The quantitative estimate of drug-likeness (QED) is 0.0814. The lowest BCUT2D eigenvalue weighted by Gasteiger charge is -2.17. The van der Waals surface area contributed by atoms with Crippen molar-refractivity contribution >= 4 is 74.8 Å². The molecule has 0 aliphatic carbocycles. The van der Waals surface area contributed by atoms with E-state index in [0.717, 1.165) is 55.6 Å². The van der Waals surface area contributed by atoms with Crippen molar-refractivity contribution in [3.05, 3.63) is 147 Å². The van der Waals surface area contributed by atoms with E-state index in [0.29, 0.717) is 56.1 Å². The monoisotopic (exact) mass is 930 g/mol. The molecular weight excluding hydrogens is 888 g/mol. The van der Waals surface area contributed by atoms with Gasteiger partial charge in [0.2, 0.25) is 11.2 Å². The lowest BCUT2D eigenvalue weighted by Crippen LogP contribution is -2.05. The number of nitrogens with zero attached hydrogens (tertiary/aromatic N) is 10. The Hall–Kier alpha value is -9.61. The molecule has 4 aromatic carbocycles. The number of pyridine rings is 2. The third-order valence-electron chi connectivity index (χ3n) is 10.5. The van der Waals surface area contributed by atoms with E-state index in [4.69, 9.17) is 64.3 Å². The SMILES string of the molecule is COc1ccc(-c2c(C)cc(/C=C/C#N)cc2C)c2nc(Cl)nc(N)c12.COc1ccc(-c2c(C)cc(/C=C/C#N)cc2C)c2nc(Nc3ccc(C#N)cn3)nc(N)c12.N#Cc1ccc(N)nc1. The highest BCUT2D eigenvalue weighted by atomic mass is 35.5. The van der Waals surface area contributed by atoms with E-state index in [2.05, 4.69) is 30.2 Å². The molecule has 4 aromatic heterocycles. The third-order valence-corrected chi connectivity index (χ3v) is 10.7. The van der Waals surface area contributed by atoms with Crippen LogP contribution in [0.2, 0.25) is 5.28 Å². The summed E-state index contributed by atoms with van der Waals surface area (Å²) in [6, 6.07) is 30.3. The number of nitrogens with two attached hydrogens (primary N) is 3. The molecule has 7 N–H and O–H groups in total. The van der Waals surface area contributed by atoms with Crippen molar-refractivity contribution in [2.24, 2.45) is 0 Å². The third kappa shape index (κ3) is 11.3. The van der Waals surface area contributed by atoms with Crippen molar-refractivity contribution in [3.63, 3.8) is 0 Å². The molecule has 0 amide bonds. The maximum atomic E-state index is 8.98. The molecule has 69 heavy (non-hydrogen) atoms.